The van der Waals surface area contributed by atoms with Crippen LogP contribution in [0.25, 0.3) is 0 Å². The zero-order valence-corrected chi connectivity index (χ0v) is 16.6. The summed E-state index contributed by atoms with van der Waals surface area (Å²) >= 11 is 1.60. The normalized spacial score (nSPS) is 19.4. The Balaban J connectivity index is 1.53. The monoisotopic (exact) mass is 382 g/mol. The summed E-state index contributed by atoms with van der Waals surface area (Å²) in [6.07, 6.45) is 6.62. The largest absolute Gasteiger partial charge is 0.339 e. The van der Waals surface area contributed by atoms with Crippen molar-refractivity contribution in [3.63, 3.8) is 0 Å². The standard InChI is InChI=1S/C22H26N2O2S/c1-15-9-10-19-16(13-15)14-20(27-19)21(25)23-18-8-4-3-7-17(18)22(26)24-11-5-2-6-12-24/h3-4,7-8,14-15H,2,5-6,9-13H2,1H3,(H,23,25). The SMILES string of the molecule is CC1CCc2sc(C(=O)Nc3ccccc3C(=O)N3CCCCC3)cc2C1. The van der Waals surface area contributed by atoms with Crippen LogP contribution in [0, 0.1) is 5.92 Å². The Morgan fingerprint density at radius 2 is 1.93 bits per heavy atom. The van der Waals surface area contributed by atoms with Crippen LogP contribution in [0.4, 0.5) is 5.69 Å². The number of nitrogens with zero attached hydrogens (tertiary/aromatic N) is 1. The average molecular weight is 383 g/mol. The molecule has 1 unspecified atom stereocenters. The molecule has 2 aromatic rings. The highest BCUT2D eigenvalue weighted by Gasteiger charge is 2.23. The highest BCUT2D eigenvalue weighted by atomic mass is 32.1. The van der Waals surface area contributed by atoms with E-state index in [2.05, 4.69) is 12.2 Å². The number of carbonyl (C=O) groups is 2. The maximum absolute atomic E-state index is 12.9. The summed E-state index contributed by atoms with van der Waals surface area (Å²) in [5, 5.41) is 2.99. The first-order valence-electron chi connectivity index (χ1n) is 9.93. The summed E-state index contributed by atoms with van der Waals surface area (Å²) in [4.78, 5) is 29.7. The molecule has 1 fully saturated rings. The van der Waals surface area contributed by atoms with Crippen molar-refractivity contribution < 1.29 is 9.59 Å². The molecule has 0 spiro atoms. The highest BCUT2D eigenvalue weighted by molar-refractivity contribution is 7.14. The van der Waals surface area contributed by atoms with Crippen LogP contribution in [-0.4, -0.2) is 29.8 Å². The lowest BCUT2D eigenvalue weighted by molar-refractivity contribution is 0.0725. The molecular weight excluding hydrogens is 356 g/mol. The number of likely N-dealkylation sites (tertiary alicyclic amines) is 1. The number of benzene rings is 1. The minimum Gasteiger partial charge on any atom is -0.339 e. The predicted molar refractivity (Wildman–Crippen MR) is 110 cm³/mol. The molecule has 1 aromatic carbocycles. The Morgan fingerprint density at radius 3 is 2.74 bits per heavy atom. The number of para-hydroxylation sites is 1. The smallest absolute Gasteiger partial charge is 0.265 e. The number of rotatable bonds is 3. The van der Waals surface area contributed by atoms with Crippen LogP contribution in [0.5, 0.6) is 0 Å². The van der Waals surface area contributed by atoms with Gasteiger partial charge in [-0.15, -0.1) is 11.3 Å². The Bertz CT molecular complexity index is 852. The zero-order valence-electron chi connectivity index (χ0n) is 15.8. The molecule has 0 radical (unpaired) electrons. The number of hydrogen-bond donors (Lipinski definition) is 1. The number of piperidine rings is 1. The van der Waals surface area contributed by atoms with Gasteiger partial charge < -0.3 is 10.2 Å². The molecule has 142 valence electrons. The molecule has 1 N–H and O–H groups in total. The van der Waals surface area contributed by atoms with Crippen LogP contribution in [-0.2, 0) is 12.8 Å². The Labute approximate surface area is 164 Å². The third-order valence-corrected chi connectivity index (χ3v) is 6.84. The first-order valence-corrected chi connectivity index (χ1v) is 10.7. The molecular formula is C22H26N2O2S. The lowest BCUT2D eigenvalue weighted by Gasteiger charge is -2.27. The van der Waals surface area contributed by atoms with Gasteiger partial charge in [-0.05, 0) is 68.2 Å². The fourth-order valence-corrected chi connectivity index (χ4v) is 5.15. The van der Waals surface area contributed by atoms with E-state index in [1.807, 2.05) is 35.2 Å². The number of aryl methyl sites for hydroxylation is 1. The van der Waals surface area contributed by atoms with Gasteiger partial charge in [0.15, 0.2) is 0 Å². The van der Waals surface area contributed by atoms with Gasteiger partial charge >= 0.3 is 0 Å². The second kappa shape index (κ2) is 7.85. The van der Waals surface area contributed by atoms with Gasteiger partial charge in [0.2, 0.25) is 0 Å². The van der Waals surface area contributed by atoms with Crippen molar-refractivity contribution in [3.05, 3.63) is 51.2 Å². The number of hydrogen-bond acceptors (Lipinski definition) is 3. The molecule has 4 nitrogen and oxygen atoms in total. The summed E-state index contributed by atoms with van der Waals surface area (Å²) in [5.41, 5.74) is 2.52. The van der Waals surface area contributed by atoms with E-state index in [9.17, 15) is 9.59 Å². The molecule has 0 saturated carbocycles. The minimum atomic E-state index is -0.110. The van der Waals surface area contributed by atoms with Crippen molar-refractivity contribution in [2.45, 2.75) is 45.4 Å². The van der Waals surface area contributed by atoms with E-state index in [0.29, 0.717) is 17.2 Å². The van der Waals surface area contributed by atoms with Crippen molar-refractivity contribution in [2.75, 3.05) is 18.4 Å². The predicted octanol–water partition coefficient (Wildman–Crippen LogP) is 4.75. The van der Waals surface area contributed by atoms with Crippen LogP contribution in [0.1, 0.15) is 63.1 Å². The van der Waals surface area contributed by atoms with E-state index in [4.69, 9.17) is 0 Å². The van der Waals surface area contributed by atoms with Crippen LogP contribution in [0.2, 0.25) is 0 Å². The second-order valence-corrected chi connectivity index (χ2v) is 8.90. The second-order valence-electron chi connectivity index (χ2n) is 7.76. The molecule has 4 rings (SSSR count). The molecule has 1 aromatic heterocycles. The van der Waals surface area contributed by atoms with Gasteiger partial charge in [-0.25, -0.2) is 0 Å². The van der Waals surface area contributed by atoms with Crippen LogP contribution < -0.4 is 5.32 Å². The number of amides is 2. The fraction of sp³-hybridized carbons (Fsp3) is 0.455. The summed E-state index contributed by atoms with van der Waals surface area (Å²) in [5.74, 6) is 0.594. The molecule has 5 heteroatoms. The summed E-state index contributed by atoms with van der Waals surface area (Å²) in [6, 6.07) is 9.40. The topological polar surface area (TPSA) is 49.4 Å². The third-order valence-electron chi connectivity index (χ3n) is 5.60. The molecule has 1 atom stereocenters. The number of thiophene rings is 1. The number of anilines is 1. The highest BCUT2D eigenvalue weighted by Crippen LogP contribution is 2.32. The van der Waals surface area contributed by atoms with Gasteiger partial charge in [-0.3, -0.25) is 9.59 Å². The van der Waals surface area contributed by atoms with Gasteiger partial charge in [-0.1, -0.05) is 19.1 Å². The molecule has 1 saturated heterocycles. The average Bonchev–Trinajstić information content (AvgIpc) is 3.12. The van der Waals surface area contributed by atoms with Gasteiger partial charge in [0.05, 0.1) is 16.1 Å². The van der Waals surface area contributed by atoms with Crippen LogP contribution >= 0.6 is 11.3 Å². The van der Waals surface area contributed by atoms with E-state index in [1.165, 1.54) is 23.3 Å². The summed E-state index contributed by atoms with van der Waals surface area (Å²) in [6.45, 7) is 3.87. The van der Waals surface area contributed by atoms with Gasteiger partial charge in [0.25, 0.3) is 11.8 Å². The summed E-state index contributed by atoms with van der Waals surface area (Å²) in [7, 11) is 0. The van der Waals surface area contributed by atoms with Gasteiger partial charge in [0, 0.05) is 18.0 Å². The first-order chi connectivity index (χ1) is 13.1. The molecule has 2 aliphatic rings. The Hall–Kier alpha value is -2.14. The molecule has 1 aliphatic heterocycles. The van der Waals surface area contributed by atoms with Crippen molar-refractivity contribution in [1.82, 2.24) is 4.90 Å². The Morgan fingerprint density at radius 1 is 1.15 bits per heavy atom. The molecule has 2 heterocycles. The molecule has 1 aliphatic carbocycles. The number of carbonyl (C=O) groups excluding carboxylic acids is 2. The number of nitrogens with one attached hydrogen (secondary N) is 1. The maximum Gasteiger partial charge on any atom is 0.265 e. The third kappa shape index (κ3) is 3.93. The van der Waals surface area contributed by atoms with Crippen molar-refractivity contribution in [1.29, 1.82) is 0 Å². The maximum atomic E-state index is 12.9. The van der Waals surface area contributed by atoms with Gasteiger partial charge in [-0.2, -0.15) is 0 Å². The first kappa shape index (κ1) is 18.2. The Kier molecular flexibility index (Phi) is 5.30. The fourth-order valence-electron chi connectivity index (χ4n) is 4.05. The molecule has 2 amide bonds. The van der Waals surface area contributed by atoms with E-state index >= 15 is 0 Å². The van der Waals surface area contributed by atoms with E-state index in [1.54, 1.807) is 11.3 Å². The van der Waals surface area contributed by atoms with E-state index < -0.39 is 0 Å². The lowest BCUT2D eigenvalue weighted by atomic mass is 9.90. The van der Waals surface area contributed by atoms with Gasteiger partial charge in [0.1, 0.15) is 0 Å². The van der Waals surface area contributed by atoms with Crippen molar-refractivity contribution in [3.8, 4) is 0 Å². The van der Waals surface area contributed by atoms with Crippen molar-refractivity contribution >= 4 is 28.8 Å². The zero-order chi connectivity index (χ0) is 18.8. The lowest BCUT2D eigenvalue weighted by Crippen LogP contribution is -2.36. The van der Waals surface area contributed by atoms with Crippen LogP contribution in [0.15, 0.2) is 30.3 Å². The minimum absolute atomic E-state index is 0.0184. The summed E-state index contributed by atoms with van der Waals surface area (Å²) < 4.78 is 0. The van der Waals surface area contributed by atoms with Crippen LogP contribution in [0.3, 0.4) is 0 Å². The van der Waals surface area contributed by atoms with E-state index in [0.717, 1.165) is 43.6 Å². The van der Waals surface area contributed by atoms with Crippen molar-refractivity contribution in [2.24, 2.45) is 5.92 Å². The molecule has 0 bridgehead atoms. The quantitative estimate of drug-likeness (QED) is 0.833. The van der Waals surface area contributed by atoms with E-state index in [-0.39, 0.29) is 11.8 Å². The molecule has 27 heavy (non-hydrogen) atoms. The number of fused-ring (bicyclic) bond motifs is 1.